The van der Waals surface area contributed by atoms with Gasteiger partial charge in [-0.1, -0.05) is 54.6 Å². The summed E-state index contributed by atoms with van der Waals surface area (Å²) in [5, 5.41) is 4.81. The van der Waals surface area contributed by atoms with E-state index in [-0.39, 0.29) is 30.2 Å². The molecule has 0 amide bonds. The van der Waals surface area contributed by atoms with Gasteiger partial charge in [-0.15, -0.1) is 5.10 Å². The van der Waals surface area contributed by atoms with Crippen LogP contribution >= 0.6 is 0 Å². The van der Waals surface area contributed by atoms with Crippen molar-refractivity contribution >= 4 is 22.5 Å². The lowest BCUT2D eigenvalue weighted by molar-refractivity contribution is 0.0966. The van der Waals surface area contributed by atoms with Gasteiger partial charge in [0.15, 0.2) is 5.78 Å². The Labute approximate surface area is 187 Å². The smallest absolute Gasteiger partial charge is 0.352 e. The number of carbonyl (C=O) groups is 1. The van der Waals surface area contributed by atoms with Gasteiger partial charge in [0.1, 0.15) is 12.3 Å². The zero-order chi connectivity index (χ0) is 22.9. The fraction of sp³-hybridized carbons (Fsp3) is 0.120. The third-order valence-electron chi connectivity index (χ3n) is 5.55. The lowest BCUT2D eigenvalue weighted by Crippen LogP contribution is -2.27. The Balaban J connectivity index is 1.67. The largest absolute Gasteiger partial charge is 0.497 e. The molecule has 0 radical (unpaired) electrons. The third-order valence-corrected chi connectivity index (χ3v) is 5.55. The molecule has 0 fully saturated rings. The molecule has 2 aromatic heterocycles. The number of aromatic nitrogens is 4. The van der Waals surface area contributed by atoms with E-state index in [0.29, 0.717) is 22.2 Å². The predicted octanol–water partition coefficient (Wildman–Crippen LogP) is 2.75. The summed E-state index contributed by atoms with van der Waals surface area (Å²) < 4.78 is 9.14. The highest BCUT2D eigenvalue weighted by Gasteiger charge is 2.19. The van der Waals surface area contributed by atoms with Gasteiger partial charge in [-0.3, -0.25) is 14.2 Å². The number of ether oxygens (including phenoxy) is 1. The molecule has 5 rings (SSSR count). The number of carbonyl (C=O) groups excluding carboxylic acids is 1. The highest BCUT2D eigenvalue weighted by molar-refractivity contribution is 5.96. The van der Waals surface area contributed by atoms with E-state index in [1.165, 1.54) is 16.1 Å². The van der Waals surface area contributed by atoms with Gasteiger partial charge in [-0.05, 0) is 29.8 Å². The van der Waals surface area contributed by atoms with E-state index in [1.54, 1.807) is 48.5 Å². The molecule has 2 heterocycles. The number of rotatable bonds is 6. The first kappa shape index (κ1) is 20.4. The average Bonchev–Trinajstić information content (AvgIpc) is 3.18. The van der Waals surface area contributed by atoms with Crippen molar-refractivity contribution in [2.24, 2.45) is 0 Å². The van der Waals surface area contributed by atoms with Crippen molar-refractivity contribution in [3.63, 3.8) is 0 Å². The quantitative estimate of drug-likeness (QED) is 0.379. The van der Waals surface area contributed by atoms with E-state index in [1.807, 2.05) is 30.3 Å². The highest BCUT2D eigenvalue weighted by Crippen LogP contribution is 2.15. The Morgan fingerprint density at radius 3 is 2.48 bits per heavy atom. The number of fused-ring (bicyclic) bond motifs is 3. The number of Topliss-reactive ketones (excluding diaryl/α,β-unsaturated/α-hetero) is 1. The first-order valence-electron chi connectivity index (χ1n) is 10.4. The zero-order valence-corrected chi connectivity index (χ0v) is 17.8. The lowest BCUT2D eigenvalue weighted by atomic mass is 10.1. The number of nitrogens with zero attached hydrogens (tertiary/aromatic N) is 4. The summed E-state index contributed by atoms with van der Waals surface area (Å²) in [7, 11) is 1.52. The number of para-hydroxylation sites is 1. The van der Waals surface area contributed by atoms with Crippen LogP contribution < -0.4 is 16.0 Å². The van der Waals surface area contributed by atoms with Crippen LogP contribution in [0.4, 0.5) is 0 Å². The molecule has 5 aromatic rings. The number of methoxy groups -OCH3 is 1. The van der Waals surface area contributed by atoms with Crippen LogP contribution in [0.5, 0.6) is 5.75 Å². The van der Waals surface area contributed by atoms with Crippen LogP contribution in [0, 0.1) is 0 Å². The molecule has 0 aliphatic rings. The standard InChI is InChI=1S/C25H20N4O4/c1-33-19-11-7-10-18(14-19)22(30)16-28-25(32)29-21-13-6-5-12-20(21)23(31)27(24(29)26-28)15-17-8-3-2-4-9-17/h2-14H,15-16H2,1H3. The lowest BCUT2D eigenvalue weighted by Gasteiger charge is -2.09. The monoisotopic (exact) mass is 440 g/mol. The summed E-state index contributed by atoms with van der Waals surface area (Å²) in [6, 6.07) is 23.1. The van der Waals surface area contributed by atoms with Gasteiger partial charge in [-0.25, -0.2) is 13.9 Å². The van der Waals surface area contributed by atoms with Crippen LogP contribution in [0.3, 0.4) is 0 Å². The second-order valence-corrected chi connectivity index (χ2v) is 7.62. The predicted molar refractivity (Wildman–Crippen MR) is 124 cm³/mol. The van der Waals surface area contributed by atoms with Gasteiger partial charge in [0.05, 0.1) is 24.6 Å². The summed E-state index contributed by atoms with van der Waals surface area (Å²) in [5.74, 6) is 0.442. The SMILES string of the molecule is COc1cccc(C(=O)Cn2nc3n(Cc4ccccc4)c(=O)c4ccccc4n3c2=O)c1. The first-order chi connectivity index (χ1) is 16.1. The van der Waals surface area contributed by atoms with Gasteiger partial charge >= 0.3 is 5.69 Å². The molecular weight excluding hydrogens is 420 g/mol. The molecule has 0 aliphatic heterocycles. The Morgan fingerprint density at radius 1 is 0.939 bits per heavy atom. The summed E-state index contributed by atoms with van der Waals surface area (Å²) in [4.78, 5) is 39.5. The van der Waals surface area contributed by atoms with Crippen molar-refractivity contribution in [1.29, 1.82) is 0 Å². The Morgan fingerprint density at radius 2 is 1.70 bits per heavy atom. The normalized spacial score (nSPS) is 11.2. The second-order valence-electron chi connectivity index (χ2n) is 7.62. The average molecular weight is 440 g/mol. The van der Waals surface area contributed by atoms with Crippen molar-refractivity contribution in [1.82, 2.24) is 18.7 Å². The van der Waals surface area contributed by atoms with Gasteiger partial charge < -0.3 is 4.74 Å². The van der Waals surface area contributed by atoms with Crippen molar-refractivity contribution in [2.45, 2.75) is 13.1 Å². The van der Waals surface area contributed by atoms with E-state index in [9.17, 15) is 14.4 Å². The number of hydrogen-bond donors (Lipinski definition) is 0. The second kappa shape index (κ2) is 8.23. The van der Waals surface area contributed by atoms with Crippen molar-refractivity contribution in [2.75, 3.05) is 7.11 Å². The molecule has 8 heteroatoms. The summed E-state index contributed by atoms with van der Waals surface area (Å²) >= 11 is 0. The number of hydrogen-bond acceptors (Lipinski definition) is 5. The molecule has 0 saturated heterocycles. The van der Waals surface area contributed by atoms with E-state index in [4.69, 9.17) is 4.74 Å². The minimum absolute atomic E-state index is 0.186. The van der Waals surface area contributed by atoms with Crippen molar-refractivity contribution < 1.29 is 9.53 Å². The van der Waals surface area contributed by atoms with Crippen LogP contribution in [-0.2, 0) is 13.1 Å². The van der Waals surface area contributed by atoms with E-state index < -0.39 is 5.69 Å². The maximum atomic E-state index is 13.3. The molecule has 0 aliphatic carbocycles. The van der Waals surface area contributed by atoms with Crippen molar-refractivity contribution in [3.8, 4) is 5.75 Å². The Kier molecular flexibility index (Phi) is 5.10. The molecule has 33 heavy (non-hydrogen) atoms. The molecule has 0 spiro atoms. The van der Waals surface area contributed by atoms with Gasteiger partial charge in [0.25, 0.3) is 5.56 Å². The summed E-state index contributed by atoms with van der Waals surface area (Å²) in [6.45, 7) is -0.0180. The van der Waals surface area contributed by atoms with Crippen LogP contribution in [0.2, 0.25) is 0 Å². The van der Waals surface area contributed by atoms with Gasteiger partial charge in [0.2, 0.25) is 5.78 Å². The van der Waals surface area contributed by atoms with Crippen molar-refractivity contribution in [3.05, 3.63) is 111 Å². The molecule has 0 saturated carbocycles. The fourth-order valence-electron chi connectivity index (χ4n) is 3.90. The molecule has 8 nitrogen and oxygen atoms in total. The summed E-state index contributed by atoms with van der Waals surface area (Å²) in [5.41, 5.74) is 1.01. The number of benzene rings is 3. The molecule has 0 atom stereocenters. The van der Waals surface area contributed by atoms with E-state index in [2.05, 4.69) is 5.10 Å². The molecular formula is C25H20N4O4. The maximum absolute atomic E-state index is 13.3. The molecule has 164 valence electrons. The van der Waals surface area contributed by atoms with Crippen LogP contribution in [-0.4, -0.2) is 31.6 Å². The van der Waals surface area contributed by atoms with Gasteiger partial charge in [0, 0.05) is 5.56 Å². The Bertz CT molecular complexity index is 1610. The first-order valence-corrected chi connectivity index (χ1v) is 10.4. The molecule has 0 N–H and O–H groups in total. The topological polar surface area (TPSA) is 87.6 Å². The van der Waals surface area contributed by atoms with Gasteiger partial charge in [-0.2, -0.15) is 0 Å². The van der Waals surface area contributed by atoms with E-state index in [0.717, 1.165) is 10.2 Å². The molecule has 0 unspecified atom stereocenters. The van der Waals surface area contributed by atoms with Crippen LogP contribution in [0.15, 0.2) is 88.5 Å². The third kappa shape index (κ3) is 3.61. The zero-order valence-electron chi connectivity index (χ0n) is 17.8. The highest BCUT2D eigenvalue weighted by atomic mass is 16.5. The molecule has 0 bridgehead atoms. The Hall–Kier alpha value is -4.46. The molecule has 3 aromatic carbocycles. The van der Waals surface area contributed by atoms with E-state index >= 15 is 0 Å². The van der Waals surface area contributed by atoms with Crippen LogP contribution in [0.1, 0.15) is 15.9 Å². The maximum Gasteiger partial charge on any atom is 0.352 e. The fourth-order valence-corrected chi connectivity index (χ4v) is 3.90. The van der Waals surface area contributed by atoms with Crippen LogP contribution in [0.25, 0.3) is 16.7 Å². The number of ketones is 1. The summed E-state index contributed by atoms with van der Waals surface area (Å²) in [6.07, 6.45) is 0. The minimum Gasteiger partial charge on any atom is -0.497 e. The minimum atomic E-state index is -0.487.